The number of aliphatic hydroxyl groups is 1. The summed E-state index contributed by atoms with van der Waals surface area (Å²) in [4.78, 5) is 2.16. The molecule has 0 aliphatic carbocycles. The fraction of sp³-hybridized carbons (Fsp3) is 0.500. The van der Waals surface area contributed by atoms with Crippen molar-refractivity contribution in [3.05, 3.63) is 35.1 Å². The van der Waals surface area contributed by atoms with Crippen LogP contribution in [0.2, 0.25) is 0 Å². The first kappa shape index (κ1) is 17.6. The quantitative estimate of drug-likeness (QED) is 0.733. The molecule has 1 aromatic rings. The van der Waals surface area contributed by atoms with Gasteiger partial charge in [-0.2, -0.15) is 0 Å². The Kier molecular flexibility index (Phi) is 8.63. The molecule has 0 heterocycles. The van der Waals surface area contributed by atoms with Crippen LogP contribution in [0.5, 0.6) is 0 Å². The minimum atomic E-state index is -0.332. The predicted molar refractivity (Wildman–Crippen MR) is 79.4 cm³/mol. The molecular weight excluding hydrogens is 273 g/mol. The van der Waals surface area contributed by atoms with Crippen LogP contribution in [0.4, 0.5) is 4.39 Å². The van der Waals surface area contributed by atoms with Crippen LogP contribution >= 0.6 is 0 Å². The van der Waals surface area contributed by atoms with Gasteiger partial charge in [-0.25, -0.2) is 4.39 Å². The van der Waals surface area contributed by atoms with E-state index >= 15 is 0 Å². The smallest absolute Gasteiger partial charge is 0.124 e. The maximum atomic E-state index is 13.3. The summed E-state index contributed by atoms with van der Waals surface area (Å²) in [6.07, 6.45) is 0. The number of halogens is 1. The molecule has 0 aromatic heterocycles. The minimum Gasteiger partial charge on any atom is -0.384 e. The summed E-state index contributed by atoms with van der Waals surface area (Å²) < 4.78 is 23.5. The molecule has 0 spiro atoms. The van der Waals surface area contributed by atoms with Gasteiger partial charge in [0.2, 0.25) is 0 Å². The summed E-state index contributed by atoms with van der Waals surface area (Å²) in [5.74, 6) is 5.02. The van der Waals surface area contributed by atoms with Crippen LogP contribution in [0, 0.1) is 17.7 Å². The van der Waals surface area contributed by atoms with Gasteiger partial charge in [-0.1, -0.05) is 17.9 Å². The summed E-state index contributed by atoms with van der Waals surface area (Å²) in [5.41, 5.74) is 1.52. The maximum absolute atomic E-state index is 13.3. The molecule has 1 aromatic carbocycles. The van der Waals surface area contributed by atoms with Gasteiger partial charge in [0.15, 0.2) is 0 Å². The molecule has 0 atom stereocenters. The number of nitrogens with zero attached hydrogens (tertiary/aromatic N) is 1. The monoisotopic (exact) mass is 295 g/mol. The van der Waals surface area contributed by atoms with Crippen molar-refractivity contribution in [1.82, 2.24) is 4.90 Å². The van der Waals surface area contributed by atoms with Crippen LogP contribution in [0.15, 0.2) is 18.2 Å². The third-order valence-electron chi connectivity index (χ3n) is 2.99. The zero-order valence-corrected chi connectivity index (χ0v) is 12.6. The summed E-state index contributed by atoms with van der Waals surface area (Å²) >= 11 is 0. The molecule has 116 valence electrons. The van der Waals surface area contributed by atoms with Gasteiger partial charge in [0.1, 0.15) is 12.4 Å². The molecule has 0 radical (unpaired) electrons. The molecule has 0 aliphatic heterocycles. The third-order valence-corrected chi connectivity index (χ3v) is 2.99. The van der Waals surface area contributed by atoms with E-state index in [0.717, 1.165) is 18.7 Å². The first-order valence-corrected chi connectivity index (χ1v) is 6.79. The summed E-state index contributed by atoms with van der Waals surface area (Å²) in [6, 6.07) is 4.54. The van der Waals surface area contributed by atoms with E-state index in [-0.39, 0.29) is 12.4 Å². The van der Waals surface area contributed by atoms with Crippen molar-refractivity contribution >= 4 is 0 Å². The van der Waals surface area contributed by atoms with E-state index in [1.165, 1.54) is 12.1 Å². The van der Waals surface area contributed by atoms with Crippen molar-refractivity contribution in [2.45, 2.75) is 6.54 Å². The normalized spacial score (nSPS) is 10.5. The van der Waals surface area contributed by atoms with E-state index in [1.807, 2.05) is 0 Å². The van der Waals surface area contributed by atoms with E-state index in [9.17, 15) is 4.39 Å². The van der Waals surface area contributed by atoms with E-state index in [0.29, 0.717) is 25.3 Å². The molecule has 0 saturated carbocycles. The predicted octanol–water partition coefficient (Wildman–Crippen LogP) is 1.26. The first-order chi connectivity index (χ1) is 10.2. The fourth-order valence-corrected chi connectivity index (χ4v) is 1.89. The zero-order valence-electron chi connectivity index (χ0n) is 12.6. The molecule has 0 aliphatic rings. The molecule has 0 amide bonds. The van der Waals surface area contributed by atoms with E-state index in [2.05, 4.69) is 16.7 Å². The van der Waals surface area contributed by atoms with Gasteiger partial charge in [0, 0.05) is 39.4 Å². The summed E-state index contributed by atoms with van der Waals surface area (Å²) in [5, 5.41) is 8.79. The molecule has 21 heavy (non-hydrogen) atoms. The second-order valence-corrected chi connectivity index (χ2v) is 4.52. The molecule has 5 heteroatoms. The van der Waals surface area contributed by atoms with Gasteiger partial charge in [-0.15, -0.1) is 0 Å². The largest absolute Gasteiger partial charge is 0.384 e. The van der Waals surface area contributed by atoms with Crippen molar-refractivity contribution in [2.24, 2.45) is 0 Å². The molecule has 0 saturated heterocycles. The van der Waals surface area contributed by atoms with Gasteiger partial charge >= 0.3 is 0 Å². The van der Waals surface area contributed by atoms with Crippen LogP contribution in [0.1, 0.15) is 11.1 Å². The van der Waals surface area contributed by atoms with Gasteiger partial charge in [0.25, 0.3) is 0 Å². The summed E-state index contributed by atoms with van der Waals surface area (Å²) in [6.45, 7) is 3.12. The Morgan fingerprint density at radius 2 is 1.86 bits per heavy atom. The number of rotatable bonds is 8. The number of ether oxygens (including phenoxy) is 2. The van der Waals surface area contributed by atoms with Crippen molar-refractivity contribution in [2.75, 3.05) is 47.1 Å². The number of methoxy groups -OCH3 is 2. The van der Waals surface area contributed by atoms with Gasteiger partial charge in [-0.05, 0) is 17.7 Å². The van der Waals surface area contributed by atoms with Crippen LogP contribution < -0.4 is 0 Å². The van der Waals surface area contributed by atoms with Crippen LogP contribution in [0.25, 0.3) is 0 Å². The van der Waals surface area contributed by atoms with Gasteiger partial charge in [-0.3, -0.25) is 4.90 Å². The van der Waals surface area contributed by atoms with Crippen LogP contribution in [0.3, 0.4) is 0 Å². The van der Waals surface area contributed by atoms with Crippen molar-refractivity contribution in [1.29, 1.82) is 0 Å². The molecule has 4 nitrogen and oxygen atoms in total. The zero-order chi connectivity index (χ0) is 15.5. The van der Waals surface area contributed by atoms with Gasteiger partial charge in [0.05, 0.1) is 13.2 Å². The lowest BCUT2D eigenvalue weighted by molar-refractivity contribution is 0.110. The molecule has 1 rings (SSSR count). The lowest BCUT2D eigenvalue weighted by Crippen LogP contribution is -2.30. The lowest BCUT2D eigenvalue weighted by atomic mass is 10.1. The Labute approximate surface area is 125 Å². The summed E-state index contributed by atoms with van der Waals surface area (Å²) in [7, 11) is 3.31. The highest BCUT2D eigenvalue weighted by Crippen LogP contribution is 2.13. The number of hydrogen-bond donors (Lipinski definition) is 1. The Morgan fingerprint density at radius 3 is 2.43 bits per heavy atom. The lowest BCUT2D eigenvalue weighted by Gasteiger charge is -2.22. The van der Waals surface area contributed by atoms with E-state index in [4.69, 9.17) is 14.6 Å². The van der Waals surface area contributed by atoms with Crippen molar-refractivity contribution < 1.29 is 19.0 Å². The highest BCUT2D eigenvalue weighted by molar-refractivity contribution is 5.41. The Morgan fingerprint density at radius 1 is 1.19 bits per heavy atom. The topological polar surface area (TPSA) is 41.9 Å². The van der Waals surface area contributed by atoms with Gasteiger partial charge < -0.3 is 14.6 Å². The Balaban J connectivity index is 2.85. The Bertz CT molecular complexity index is 474. The average molecular weight is 295 g/mol. The minimum absolute atomic E-state index is 0.243. The first-order valence-electron chi connectivity index (χ1n) is 6.79. The Hall–Kier alpha value is -1.45. The van der Waals surface area contributed by atoms with Crippen LogP contribution in [-0.2, 0) is 16.0 Å². The highest BCUT2D eigenvalue weighted by Gasteiger charge is 2.09. The van der Waals surface area contributed by atoms with Crippen LogP contribution in [-0.4, -0.2) is 57.1 Å². The number of benzene rings is 1. The second kappa shape index (κ2) is 10.3. The molecule has 1 N–H and O–H groups in total. The average Bonchev–Trinajstić information content (AvgIpc) is 2.49. The second-order valence-electron chi connectivity index (χ2n) is 4.52. The maximum Gasteiger partial charge on any atom is 0.124 e. The van der Waals surface area contributed by atoms with Crippen molar-refractivity contribution in [3.8, 4) is 11.8 Å². The van der Waals surface area contributed by atoms with Crippen molar-refractivity contribution in [3.63, 3.8) is 0 Å². The fourth-order valence-electron chi connectivity index (χ4n) is 1.89. The molecule has 0 fully saturated rings. The number of aliphatic hydroxyl groups excluding tert-OH is 1. The molecule has 0 bridgehead atoms. The SMILES string of the molecule is COCCN(CCOC)Cc1ccc(F)cc1C#CCO. The molecular formula is C16H22FNO3. The van der Waals surface area contributed by atoms with E-state index in [1.54, 1.807) is 20.3 Å². The number of hydrogen-bond acceptors (Lipinski definition) is 4. The standard InChI is InChI=1S/C16H22FNO3/c1-20-10-7-18(8-11-21-2)13-15-5-6-16(17)12-14(15)4-3-9-19/h5-6,12,19H,7-11,13H2,1-2H3. The van der Waals surface area contributed by atoms with E-state index < -0.39 is 0 Å². The molecule has 0 unspecified atom stereocenters. The highest BCUT2D eigenvalue weighted by atomic mass is 19.1. The third kappa shape index (κ3) is 6.69.